The molecule has 0 radical (unpaired) electrons. The molecular formula is C26H23FN2O5S. The Bertz CT molecular complexity index is 1380. The summed E-state index contributed by atoms with van der Waals surface area (Å²) in [6.45, 7) is 4.32. The predicted molar refractivity (Wildman–Crippen MR) is 131 cm³/mol. The van der Waals surface area contributed by atoms with Gasteiger partial charge >= 0.3 is 5.97 Å². The summed E-state index contributed by atoms with van der Waals surface area (Å²) in [5.41, 5.74) is 0.594. The molecule has 0 fully saturated rings. The molecule has 2 aromatic carbocycles. The lowest BCUT2D eigenvalue weighted by Crippen LogP contribution is -2.46. The third-order valence-electron chi connectivity index (χ3n) is 6.43. The van der Waals surface area contributed by atoms with Crippen LogP contribution < -0.4 is 15.0 Å². The van der Waals surface area contributed by atoms with Gasteiger partial charge in [0.1, 0.15) is 21.9 Å². The molecule has 1 spiro atoms. The van der Waals surface area contributed by atoms with Gasteiger partial charge in [-0.05, 0) is 41.8 Å². The fourth-order valence-electron chi connectivity index (χ4n) is 5.02. The number of rotatable bonds is 5. The SMILES string of the molecule is COc1ccc(-c2c(C(=O)O)sc3c2NC(=O)C[C@@]32C(=O)N(CC(C)C)c3ccc(F)cc32)cc1. The van der Waals surface area contributed by atoms with Crippen LogP contribution in [0, 0.1) is 11.7 Å². The first-order valence-electron chi connectivity index (χ1n) is 11.1. The number of amides is 2. The summed E-state index contributed by atoms with van der Waals surface area (Å²) in [6.07, 6.45) is -0.231. The first kappa shape index (κ1) is 23.0. The van der Waals surface area contributed by atoms with Crippen molar-refractivity contribution in [3.8, 4) is 16.9 Å². The summed E-state index contributed by atoms with van der Waals surface area (Å²) in [5, 5.41) is 12.9. The van der Waals surface area contributed by atoms with Gasteiger partial charge in [0.05, 0.1) is 24.1 Å². The number of carbonyl (C=O) groups excluding carboxylic acids is 2. The van der Waals surface area contributed by atoms with Crippen LogP contribution in [0.1, 0.15) is 40.4 Å². The van der Waals surface area contributed by atoms with Crippen LogP contribution in [0.2, 0.25) is 0 Å². The van der Waals surface area contributed by atoms with Crippen molar-refractivity contribution in [3.05, 3.63) is 63.6 Å². The van der Waals surface area contributed by atoms with Crippen LogP contribution >= 0.6 is 11.3 Å². The molecule has 1 atom stereocenters. The van der Waals surface area contributed by atoms with Crippen LogP contribution in [-0.2, 0) is 15.0 Å². The van der Waals surface area contributed by atoms with Gasteiger partial charge in [0.25, 0.3) is 0 Å². The number of ether oxygens (including phenoxy) is 1. The number of fused-ring (bicyclic) bond motifs is 4. The van der Waals surface area contributed by atoms with E-state index in [1.54, 1.807) is 35.2 Å². The Balaban J connectivity index is 1.81. The van der Waals surface area contributed by atoms with Crippen LogP contribution in [0.15, 0.2) is 42.5 Å². The van der Waals surface area contributed by atoms with Gasteiger partial charge in [-0.15, -0.1) is 11.3 Å². The molecule has 180 valence electrons. The maximum absolute atomic E-state index is 14.5. The summed E-state index contributed by atoms with van der Waals surface area (Å²) in [6, 6.07) is 10.9. The highest BCUT2D eigenvalue weighted by Crippen LogP contribution is 2.57. The molecule has 0 saturated heterocycles. The Hall–Kier alpha value is -3.72. The number of benzene rings is 2. The van der Waals surface area contributed by atoms with E-state index in [4.69, 9.17) is 4.74 Å². The van der Waals surface area contributed by atoms with Crippen molar-refractivity contribution in [1.82, 2.24) is 0 Å². The van der Waals surface area contributed by atoms with E-state index in [2.05, 4.69) is 5.32 Å². The Kier molecular flexibility index (Phi) is 5.40. The maximum Gasteiger partial charge on any atom is 0.346 e. The number of anilines is 2. The van der Waals surface area contributed by atoms with E-state index in [0.29, 0.717) is 39.5 Å². The zero-order chi connectivity index (χ0) is 25.1. The topological polar surface area (TPSA) is 95.9 Å². The summed E-state index contributed by atoms with van der Waals surface area (Å²) >= 11 is 0.952. The van der Waals surface area contributed by atoms with Crippen LogP contribution in [-0.4, -0.2) is 36.5 Å². The molecule has 2 N–H and O–H groups in total. The molecule has 7 nitrogen and oxygen atoms in total. The third kappa shape index (κ3) is 3.41. The molecule has 35 heavy (non-hydrogen) atoms. The molecular weight excluding hydrogens is 471 g/mol. The number of halogens is 1. The first-order chi connectivity index (χ1) is 16.7. The molecule has 3 heterocycles. The Morgan fingerprint density at radius 2 is 1.94 bits per heavy atom. The largest absolute Gasteiger partial charge is 0.497 e. The predicted octanol–water partition coefficient (Wildman–Crippen LogP) is 4.89. The summed E-state index contributed by atoms with van der Waals surface area (Å²) < 4.78 is 19.7. The minimum absolute atomic E-state index is 0.00481. The zero-order valence-corrected chi connectivity index (χ0v) is 20.2. The average molecular weight is 495 g/mol. The number of aromatic carboxylic acids is 1. The smallest absolute Gasteiger partial charge is 0.346 e. The highest BCUT2D eigenvalue weighted by molar-refractivity contribution is 7.15. The molecule has 1 aromatic heterocycles. The molecule has 0 bridgehead atoms. The minimum atomic E-state index is -1.50. The highest BCUT2D eigenvalue weighted by Gasteiger charge is 2.58. The van der Waals surface area contributed by atoms with Gasteiger partial charge in [0, 0.05) is 23.4 Å². The number of hydrogen-bond acceptors (Lipinski definition) is 5. The Morgan fingerprint density at radius 3 is 2.57 bits per heavy atom. The van der Waals surface area contributed by atoms with E-state index in [-0.39, 0.29) is 28.8 Å². The number of nitrogens with zero attached hydrogens (tertiary/aromatic N) is 1. The number of carbonyl (C=O) groups is 3. The van der Waals surface area contributed by atoms with Crippen molar-refractivity contribution < 1.29 is 28.6 Å². The van der Waals surface area contributed by atoms with Crippen LogP contribution in [0.3, 0.4) is 0 Å². The van der Waals surface area contributed by atoms with Gasteiger partial charge < -0.3 is 20.1 Å². The second kappa shape index (κ2) is 8.20. The van der Waals surface area contributed by atoms with Crippen LogP contribution in [0.25, 0.3) is 11.1 Å². The highest BCUT2D eigenvalue weighted by atomic mass is 32.1. The molecule has 2 amide bonds. The number of methoxy groups -OCH3 is 1. The van der Waals surface area contributed by atoms with Crippen molar-refractivity contribution in [2.75, 3.05) is 23.9 Å². The van der Waals surface area contributed by atoms with Crippen LogP contribution in [0.5, 0.6) is 5.75 Å². The van der Waals surface area contributed by atoms with E-state index in [9.17, 15) is 23.9 Å². The van der Waals surface area contributed by atoms with E-state index >= 15 is 0 Å². The third-order valence-corrected chi connectivity index (χ3v) is 7.77. The van der Waals surface area contributed by atoms with Gasteiger partial charge in [-0.3, -0.25) is 9.59 Å². The molecule has 0 unspecified atom stereocenters. The van der Waals surface area contributed by atoms with E-state index < -0.39 is 23.1 Å². The second-order valence-corrected chi connectivity index (χ2v) is 10.2. The van der Waals surface area contributed by atoms with Gasteiger partial charge in [0.15, 0.2) is 0 Å². The van der Waals surface area contributed by atoms with Crippen molar-refractivity contribution in [1.29, 1.82) is 0 Å². The summed E-state index contributed by atoms with van der Waals surface area (Å²) in [5.74, 6) is -1.77. The van der Waals surface area contributed by atoms with Gasteiger partial charge in [0.2, 0.25) is 11.8 Å². The number of nitrogens with one attached hydrogen (secondary N) is 1. The monoisotopic (exact) mass is 494 g/mol. The van der Waals surface area contributed by atoms with E-state index in [1.165, 1.54) is 19.2 Å². The van der Waals surface area contributed by atoms with E-state index in [0.717, 1.165) is 11.3 Å². The van der Waals surface area contributed by atoms with Crippen molar-refractivity contribution >= 4 is 40.5 Å². The maximum atomic E-state index is 14.5. The standard InChI is InChI=1S/C26H23FN2O5S/c1-13(2)12-29-18-9-6-15(27)10-17(18)26(25(29)33)11-19(30)28-21-20(22(24(31)32)35-23(21)26)14-4-7-16(34-3)8-5-14/h4-10,13H,11-12H2,1-3H3,(H,28,30)(H,31,32)/t26-/m0/s1. The van der Waals surface area contributed by atoms with Gasteiger partial charge in [-0.25, -0.2) is 9.18 Å². The van der Waals surface area contributed by atoms with Gasteiger partial charge in [-0.2, -0.15) is 0 Å². The molecule has 0 saturated carbocycles. The van der Waals surface area contributed by atoms with Crippen molar-refractivity contribution in [2.24, 2.45) is 5.92 Å². The normalized spacial score (nSPS) is 18.6. The number of carboxylic acid groups (broad SMARTS) is 1. The molecule has 0 aliphatic carbocycles. The molecule has 2 aliphatic heterocycles. The number of hydrogen-bond donors (Lipinski definition) is 2. The average Bonchev–Trinajstić information content (AvgIpc) is 3.30. The van der Waals surface area contributed by atoms with Crippen molar-refractivity contribution in [3.63, 3.8) is 0 Å². The molecule has 9 heteroatoms. The summed E-state index contributed by atoms with van der Waals surface area (Å²) in [7, 11) is 1.53. The van der Waals surface area contributed by atoms with Crippen LogP contribution in [0.4, 0.5) is 15.8 Å². The second-order valence-electron chi connectivity index (χ2n) is 9.15. The number of carboxylic acids is 1. The van der Waals surface area contributed by atoms with Gasteiger partial charge in [-0.1, -0.05) is 26.0 Å². The lowest BCUT2D eigenvalue weighted by Gasteiger charge is -2.33. The fraction of sp³-hybridized carbons (Fsp3) is 0.269. The minimum Gasteiger partial charge on any atom is -0.497 e. The molecule has 5 rings (SSSR count). The Morgan fingerprint density at radius 1 is 1.23 bits per heavy atom. The quantitative estimate of drug-likeness (QED) is 0.527. The fourth-order valence-corrected chi connectivity index (χ4v) is 6.33. The zero-order valence-electron chi connectivity index (χ0n) is 19.3. The number of thiophene rings is 1. The summed E-state index contributed by atoms with van der Waals surface area (Å²) in [4.78, 5) is 41.5. The molecule has 3 aromatic rings. The molecule has 2 aliphatic rings. The van der Waals surface area contributed by atoms with Crippen molar-refractivity contribution in [2.45, 2.75) is 25.7 Å². The lowest BCUT2D eigenvalue weighted by atomic mass is 9.74. The van der Waals surface area contributed by atoms with E-state index in [1.807, 2.05) is 13.8 Å². The Labute approximate surface area is 205 Å². The lowest BCUT2D eigenvalue weighted by molar-refractivity contribution is -0.126. The first-order valence-corrected chi connectivity index (χ1v) is 12.0.